The van der Waals surface area contributed by atoms with Crippen LogP contribution in [0.25, 0.3) is 5.69 Å². The van der Waals surface area contributed by atoms with Crippen LogP contribution in [0.15, 0.2) is 52.1 Å². The molecule has 0 saturated carbocycles. The average molecular weight is 447 g/mol. The molecule has 0 aliphatic rings. The molecule has 1 aromatic heterocycles. The number of aryl methyl sites for hydroxylation is 1. The number of hydrogen-bond donors (Lipinski definition) is 1. The van der Waals surface area contributed by atoms with Crippen molar-refractivity contribution in [2.45, 2.75) is 13.5 Å². The Morgan fingerprint density at radius 1 is 1.23 bits per heavy atom. The second-order valence-electron chi connectivity index (χ2n) is 6.75. The van der Waals surface area contributed by atoms with Gasteiger partial charge in [-0.3, -0.25) is 14.2 Å². The van der Waals surface area contributed by atoms with Crippen molar-refractivity contribution in [3.05, 3.63) is 91.0 Å². The molecule has 1 amide bonds. The normalized spacial score (nSPS) is 10.8. The maximum absolute atomic E-state index is 13.6. The summed E-state index contributed by atoms with van der Waals surface area (Å²) in [6.07, 6.45) is 0. The molecule has 0 aliphatic carbocycles. The second kappa shape index (κ2) is 9.67. The summed E-state index contributed by atoms with van der Waals surface area (Å²) in [6.45, 7) is 1.93. The summed E-state index contributed by atoms with van der Waals surface area (Å²) >= 11 is 6.17. The molecule has 2 aromatic carbocycles. The lowest BCUT2D eigenvalue weighted by Gasteiger charge is -2.13. The third-order valence-electron chi connectivity index (χ3n) is 4.50. The summed E-state index contributed by atoms with van der Waals surface area (Å²) in [5.41, 5.74) is -0.724. The van der Waals surface area contributed by atoms with Crippen molar-refractivity contribution in [2.24, 2.45) is 0 Å². The molecule has 10 heteroatoms. The topological polar surface area (TPSA) is 95.2 Å². The van der Waals surface area contributed by atoms with E-state index >= 15 is 0 Å². The Balaban J connectivity index is 2.17. The lowest BCUT2D eigenvalue weighted by molar-refractivity contribution is 0.0927. The molecule has 8 nitrogen and oxygen atoms in total. The highest BCUT2D eigenvalue weighted by molar-refractivity contribution is 6.31. The van der Waals surface area contributed by atoms with E-state index in [1.165, 1.54) is 31.4 Å². The van der Waals surface area contributed by atoms with Crippen LogP contribution in [0.4, 0.5) is 4.39 Å². The highest BCUT2D eigenvalue weighted by atomic mass is 35.5. The van der Waals surface area contributed by atoms with E-state index in [0.717, 1.165) is 14.8 Å². The van der Waals surface area contributed by atoms with Gasteiger partial charge in [0.2, 0.25) is 5.69 Å². The lowest BCUT2D eigenvalue weighted by Crippen LogP contribution is -2.46. The van der Waals surface area contributed by atoms with Gasteiger partial charge in [-0.05, 0) is 42.3 Å². The summed E-state index contributed by atoms with van der Waals surface area (Å²) in [7, 11) is 1.47. The van der Waals surface area contributed by atoms with Gasteiger partial charge in [0.05, 0.1) is 18.8 Å². The molecule has 0 unspecified atom stereocenters. The third kappa shape index (κ3) is 5.07. The number of carbonyl (C=O) groups excluding carboxylic acids is 1. The smallest absolute Gasteiger partial charge is 0.352 e. The first-order valence-corrected chi connectivity index (χ1v) is 9.72. The predicted molar refractivity (Wildman–Crippen MR) is 114 cm³/mol. The van der Waals surface area contributed by atoms with Crippen molar-refractivity contribution in [1.29, 1.82) is 0 Å². The number of hydrogen-bond acceptors (Lipinski definition) is 5. The van der Waals surface area contributed by atoms with Gasteiger partial charge >= 0.3 is 5.69 Å². The molecule has 3 aromatic rings. The number of aromatic nitrogens is 3. The first-order valence-electron chi connectivity index (χ1n) is 9.34. The van der Waals surface area contributed by atoms with E-state index in [9.17, 15) is 18.8 Å². The number of methoxy groups -OCH3 is 1. The molecule has 1 heterocycles. The van der Waals surface area contributed by atoms with E-state index in [2.05, 4.69) is 10.4 Å². The Kier molecular flexibility index (Phi) is 6.98. The maximum Gasteiger partial charge on any atom is 0.352 e. The number of ether oxygens (including phenoxy) is 1. The van der Waals surface area contributed by atoms with Crippen LogP contribution in [-0.2, 0) is 11.3 Å². The Morgan fingerprint density at radius 3 is 2.68 bits per heavy atom. The van der Waals surface area contributed by atoms with Crippen LogP contribution in [0.1, 0.15) is 21.6 Å². The highest BCUT2D eigenvalue weighted by Crippen LogP contribution is 2.18. The summed E-state index contributed by atoms with van der Waals surface area (Å²) in [5.74, 6) is -1.27. The van der Waals surface area contributed by atoms with E-state index in [0.29, 0.717) is 10.6 Å². The van der Waals surface area contributed by atoms with E-state index in [-0.39, 0.29) is 25.4 Å². The van der Waals surface area contributed by atoms with Gasteiger partial charge in [0.15, 0.2) is 0 Å². The third-order valence-corrected chi connectivity index (χ3v) is 4.90. The van der Waals surface area contributed by atoms with Crippen molar-refractivity contribution in [2.75, 3.05) is 20.3 Å². The average Bonchev–Trinajstić information content (AvgIpc) is 2.73. The van der Waals surface area contributed by atoms with Gasteiger partial charge < -0.3 is 10.1 Å². The first-order chi connectivity index (χ1) is 14.8. The molecule has 31 heavy (non-hydrogen) atoms. The molecule has 0 atom stereocenters. The van der Waals surface area contributed by atoms with Crippen molar-refractivity contribution >= 4 is 17.5 Å². The minimum Gasteiger partial charge on any atom is -0.383 e. The van der Waals surface area contributed by atoms with Crippen molar-refractivity contribution in [3.8, 4) is 5.69 Å². The SMILES string of the molecule is COCCNC(=O)c1nn(-c2ccc(C)c(Cl)c2)c(=O)n(Cc2cccc(F)c2)c1=O. The number of benzene rings is 2. The zero-order valence-corrected chi connectivity index (χ0v) is 17.6. The molecule has 162 valence electrons. The lowest BCUT2D eigenvalue weighted by atomic mass is 10.2. The summed E-state index contributed by atoms with van der Waals surface area (Å²) < 4.78 is 20.3. The van der Waals surface area contributed by atoms with E-state index in [4.69, 9.17) is 16.3 Å². The summed E-state index contributed by atoms with van der Waals surface area (Å²) in [6, 6.07) is 10.3. The van der Waals surface area contributed by atoms with Gasteiger partial charge in [-0.2, -0.15) is 9.78 Å². The van der Waals surface area contributed by atoms with Crippen LogP contribution in [0.2, 0.25) is 5.02 Å². The molecule has 0 bridgehead atoms. The maximum atomic E-state index is 13.6. The van der Waals surface area contributed by atoms with E-state index < -0.39 is 28.7 Å². The fourth-order valence-corrected chi connectivity index (χ4v) is 3.02. The standard InChI is InChI=1S/C21H20ClFN4O4/c1-13-6-7-16(11-17(13)22)27-21(30)26(12-14-4-3-5-15(23)10-14)20(29)18(25-27)19(28)24-8-9-31-2/h3-7,10-11H,8-9,12H2,1-2H3,(H,24,28). The molecule has 0 radical (unpaired) electrons. The molecule has 0 fully saturated rings. The Hall–Kier alpha value is -3.30. The monoisotopic (exact) mass is 446 g/mol. The summed E-state index contributed by atoms with van der Waals surface area (Å²) in [5, 5.41) is 6.90. The Bertz CT molecular complexity index is 1240. The Morgan fingerprint density at radius 2 is 2.00 bits per heavy atom. The van der Waals surface area contributed by atoms with Crippen LogP contribution >= 0.6 is 11.6 Å². The number of carbonyl (C=O) groups is 1. The predicted octanol–water partition coefficient (Wildman–Crippen LogP) is 1.92. The van der Waals surface area contributed by atoms with Gasteiger partial charge in [0.1, 0.15) is 5.82 Å². The number of amides is 1. The van der Waals surface area contributed by atoms with Gasteiger partial charge in [0, 0.05) is 18.7 Å². The molecule has 0 aliphatic heterocycles. The fourth-order valence-electron chi connectivity index (χ4n) is 2.85. The number of nitrogens with one attached hydrogen (secondary N) is 1. The van der Waals surface area contributed by atoms with Gasteiger partial charge in [-0.15, -0.1) is 0 Å². The van der Waals surface area contributed by atoms with Crippen molar-refractivity contribution < 1.29 is 13.9 Å². The first kappa shape index (κ1) is 22.4. The van der Waals surface area contributed by atoms with Crippen LogP contribution < -0.4 is 16.6 Å². The zero-order valence-electron chi connectivity index (χ0n) is 16.9. The van der Waals surface area contributed by atoms with Crippen LogP contribution in [0.3, 0.4) is 0 Å². The van der Waals surface area contributed by atoms with Crippen LogP contribution in [0.5, 0.6) is 0 Å². The van der Waals surface area contributed by atoms with Gasteiger partial charge in [-0.25, -0.2) is 9.18 Å². The zero-order chi connectivity index (χ0) is 22.5. The van der Waals surface area contributed by atoms with Crippen molar-refractivity contribution in [3.63, 3.8) is 0 Å². The minimum atomic E-state index is -0.890. The largest absolute Gasteiger partial charge is 0.383 e. The van der Waals surface area contributed by atoms with E-state index in [1.54, 1.807) is 25.1 Å². The number of nitrogens with zero attached hydrogens (tertiary/aromatic N) is 3. The van der Waals surface area contributed by atoms with Crippen LogP contribution in [-0.4, -0.2) is 40.5 Å². The molecule has 0 saturated heterocycles. The number of rotatable bonds is 7. The quantitative estimate of drug-likeness (QED) is 0.559. The molecular weight excluding hydrogens is 427 g/mol. The van der Waals surface area contributed by atoms with E-state index in [1.807, 2.05) is 0 Å². The fraction of sp³-hybridized carbons (Fsp3) is 0.238. The molecular formula is C21H20ClFN4O4. The summed E-state index contributed by atoms with van der Waals surface area (Å²) in [4.78, 5) is 38.6. The highest BCUT2D eigenvalue weighted by Gasteiger charge is 2.20. The Labute approximate surface area is 181 Å². The van der Waals surface area contributed by atoms with Crippen LogP contribution in [0, 0.1) is 12.7 Å². The van der Waals surface area contributed by atoms with Gasteiger partial charge in [0.25, 0.3) is 11.5 Å². The molecule has 0 spiro atoms. The van der Waals surface area contributed by atoms with Gasteiger partial charge in [-0.1, -0.05) is 29.8 Å². The minimum absolute atomic E-state index is 0.149. The number of halogens is 2. The molecule has 1 N–H and O–H groups in total. The molecule has 3 rings (SSSR count). The second-order valence-corrected chi connectivity index (χ2v) is 7.15. The van der Waals surface area contributed by atoms with Crippen molar-refractivity contribution in [1.82, 2.24) is 19.7 Å².